The number of rotatable bonds is 8. The molecule has 0 nitrogen and oxygen atoms in total. The van der Waals surface area contributed by atoms with Crippen molar-refractivity contribution in [1.29, 1.82) is 0 Å². The summed E-state index contributed by atoms with van der Waals surface area (Å²) in [6.07, 6.45) is 10.8. The second kappa shape index (κ2) is 11.3. The summed E-state index contributed by atoms with van der Waals surface area (Å²) in [5, 5.41) is 0.0520. The van der Waals surface area contributed by atoms with E-state index in [1.165, 1.54) is 61.8 Å². The molecule has 0 aromatic heterocycles. The van der Waals surface area contributed by atoms with Gasteiger partial charge < -0.3 is 0 Å². The van der Waals surface area contributed by atoms with Crippen LogP contribution in [0, 0.1) is 23.5 Å². The lowest BCUT2D eigenvalue weighted by molar-refractivity contribution is 0.253. The highest BCUT2D eigenvalue weighted by molar-refractivity contribution is 6.30. The molecule has 0 saturated heterocycles. The minimum absolute atomic E-state index is 0.0520. The fraction of sp³-hybridized carbons (Fsp3) is 0.400. The minimum atomic E-state index is -0.525. The van der Waals surface area contributed by atoms with Gasteiger partial charge in [0.2, 0.25) is 0 Å². The summed E-state index contributed by atoms with van der Waals surface area (Å²) >= 11 is 5.74. The van der Waals surface area contributed by atoms with E-state index in [1.54, 1.807) is 18.2 Å². The summed E-state index contributed by atoms with van der Waals surface area (Å²) in [6.45, 7) is 2.20. The summed E-state index contributed by atoms with van der Waals surface area (Å²) in [5.74, 6) is 0.745. The number of halogens is 3. The normalized spacial score (nSPS) is 18.4. The maximum Gasteiger partial charge on any atom is 0.142 e. The van der Waals surface area contributed by atoms with Crippen molar-refractivity contribution in [2.45, 2.75) is 64.7 Å². The Bertz CT molecular complexity index is 1050. The third-order valence-corrected chi connectivity index (χ3v) is 7.65. The predicted octanol–water partition coefficient (Wildman–Crippen LogP) is 9.22. The van der Waals surface area contributed by atoms with E-state index in [2.05, 4.69) is 31.2 Å². The summed E-state index contributed by atoms with van der Waals surface area (Å²) < 4.78 is 28.4. The Morgan fingerprint density at radius 1 is 0.697 bits per heavy atom. The fourth-order valence-electron chi connectivity index (χ4n) is 5.10. The Labute approximate surface area is 202 Å². The first kappa shape index (κ1) is 24.0. The van der Waals surface area contributed by atoms with Gasteiger partial charge in [-0.1, -0.05) is 86.7 Å². The van der Waals surface area contributed by atoms with Crippen molar-refractivity contribution < 1.29 is 8.78 Å². The maximum atomic E-state index is 14.7. The van der Waals surface area contributed by atoms with Gasteiger partial charge in [0, 0.05) is 5.56 Å². The summed E-state index contributed by atoms with van der Waals surface area (Å²) in [6, 6.07) is 18.9. The van der Waals surface area contributed by atoms with Gasteiger partial charge in [-0.25, -0.2) is 8.78 Å². The Kier molecular flexibility index (Phi) is 8.20. The van der Waals surface area contributed by atoms with Gasteiger partial charge >= 0.3 is 0 Å². The third-order valence-electron chi connectivity index (χ3n) is 7.34. The Balaban J connectivity index is 1.23. The molecule has 1 aliphatic rings. The first-order valence-corrected chi connectivity index (χ1v) is 12.7. The van der Waals surface area contributed by atoms with Crippen LogP contribution < -0.4 is 0 Å². The second-order valence-corrected chi connectivity index (χ2v) is 9.98. The van der Waals surface area contributed by atoms with Crippen LogP contribution in [0.15, 0.2) is 60.7 Å². The molecule has 3 aromatic carbocycles. The van der Waals surface area contributed by atoms with Crippen molar-refractivity contribution >= 4 is 11.6 Å². The van der Waals surface area contributed by atoms with Gasteiger partial charge in [-0.3, -0.25) is 0 Å². The molecule has 0 atom stereocenters. The average molecular weight is 467 g/mol. The van der Waals surface area contributed by atoms with E-state index < -0.39 is 5.82 Å². The Morgan fingerprint density at radius 2 is 1.27 bits per heavy atom. The smallest absolute Gasteiger partial charge is 0.142 e. The Hall–Kier alpha value is -2.19. The van der Waals surface area contributed by atoms with E-state index in [9.17, 15) is 8.78 Å². The highest BCUT2D eigenvalue weighted by atomic mass is 35.5. The zero-order valence-corrected chi connectivity index (χ0v) is 20.2. The predicted molar refractivity (Wildman–Crippen MR) is 135 cm³/mol. The lowest BCUT2D eigenvalue weighted by atomic mass is 9.77. The summed E-state index contributed by atoms with van der Waals surface area (Å²) in [5.41, 5.74) is 4.82. The van der Waals surface area contributed by atoms with Crippen LogP contribution >= 0.6 is 11.6 Å². The summed E-state index contributed by atoms with van der Waals surface area (Å²) in [4.78, 5) is 0. The molecular formula is C30H33ClF2. The van der Waals surface area contributed by atoms with Gasteiger partial charge in [0.25, 0.3) is 0 Å². The van der Waals surface area contributed by atoms with E-state index in [0.717, 1.165) is 36.7 Å². The molecule has 0 spiro atoms. The molecule has 4 rings (SSSR count). The first-order chi connectivity index (χ1) is 16.0. The lowest BCUT2D eigenvalue weighted by Gasteiger charge is -2.28. The monoisotopic (exact) mass is 466 g/mol. The van der Waals surface area contributed by atoms with Crippen molar-refractivity contribution in [2.75, 3.05) is 0 Å². The van der Waals surface area contributed by atoms with Gasteiger partial charge in [0.15, 0.2) is 0 Å². The van der Waals surface area contributed by atoms with Crippen LogP contribution in [0.1, 0.15) is 62.1 Å². The van der Waals surface area contributed by atoms with E-state index >= 15 is 0 Å². The highest BCUT2D eigenvalue weighted by Gasteiger charge is 2.21. The molecule has 3 heteroatoms. The van der Waals surface area contributed by atoms with Crippen molar-refractivity contribution in [3.05, 3.63) is 94.0 Å². The molecule has 0 unspecified atom stereocenters. The van der Waals surface area contributed by atoms with Crippen LogP contribution in [-0.4, -0.2) is 0 Å². The SMILES string of the molecule is CCc1ccc(CCC2CCC(CCc3ccc(-c4ccc(Cl)c(F)c4)c(F)c3)CC2)cc1. The number of hydrogen-bond acceptors (Lipinski definition) is 0. The third kappa shape index (κ3) is 6.44. The molecule has 0 radical (unpaired) electrons. The molecule has 0 bridgehead atoms. The van der Waals surface area contributed by atoms with Crippen LogP contribution in [-0.2, 0) is 19.3 Å². The number of aryl methyl sites for hydroxylation is 3. The van der Waals surface area contributed by atoms with Crippen LogP contribution in [0.5, 0.6) is 0 Å². The van der Waals surface area contributed by atoms with E-state index in [-0.39, 0.29) is 10.8 Å². The zero-order chi connectivity index (χ0) is 23.2. The van der Waals surface area contributed by atoms with Crippen molar-refractivity contribution in [1.82, 2.24) is 0 Å². The largest absolute Gasteiger partial charge is 0.206 e. The van der Waals surface area contributed by atoms with Gasteiger partial charge in [0.05, 0.1) is 5.02 Å². The molecule has 0 aliphatic heterocycles. The van der Waals surface area contributed by atoms with Crippen LogP contribution in [0.2, 0.25) is 5.02 Å². The van der Waals surface area contributed by atoms with Crippen LogP contribution in [0.4, 0.5) is 8.78 Å². The zero-order valence-electron chi connectivity index (χ0n) is 19.4. The topological polar surface area (TPSA) is 0 Å². The molecule has 0 N–H and O–H groups in total. The van der Waals surface area contributed by atoms with Gasteiger partial charge in [-0.05, 0) is 84.4 Å². The molecule has 1 saturated carbocycles. The minimum Gasteiger partial charge on any atom is -0.206 e. The molecule has 1 aliphatic carbocycles. The van der Waals surface area contributed by atoms with Crippen molar-refractivity contribution in [3.8, 4) is 11.1 Å². The molecule has 1 fully saturated rings. The molecule has 33 heavy (non-hydrogen) atoms. The molecule has 0 heterocycles. The highest BCUT2D eigenvalue weighted by Crippen LogP contribution is 2.34. The van der Waals surface area contributed by atoms with Crippen molar-refractivity contribution in [2.24, 2.45) is 11.8 Å². The van der Waals surface area contributed by atoms with Crippen LogP contribution in [0.3, 0.4) is 0 Å². The fourth-order valence-corrected chi connectivity index (χ4v) is 5.22. The van der Waals surface area contributed by atoms with Gasteiger partial charge in [0.1, 0.15) is 11.6 Å². The lowest BCUT2D eigenvalue weighted by Crippen LogP contribution is -2.15. The number of hydrogen-bond donors (Lipinski definition) is 0. The van der Waals surface area contributed by atoms with Gasteiger partial charge in [-0.2, -0.15) is 0 Å². The maximum absolute atomic E-state index is 14.7. The summed E-state index contributed by atoms with van der Waals surface area (Å²) in [7, 11) is 0. The van der Waals surface area contributed by atoms with Crippen molar-refractivity contribution in [3.63, 3.8) is 0 Å². The molecule has 174 valence electrons. The Morgan fingerprint density at radius 3 is 1.85 bits per heavy atom. The van der Waals surface area contributed by atoms with E-state index in [4.69, 9.17) is 11.6 Å². The van der Waals surface area contributed by atoms with E-state index in [1.807, 2.05) is 6.07 Å². The average Bonchev–Trinajstić information content (AvgIpc) is 2.84. The van der Waals surface area contributed by atoms with Gasteiger partial charge in [-0.15, -0.1) is 0 Å². The molecular weight excluding hydrogens is 434 g/mol. The molecule has 0 amide bonds. The van der Waals surface area contributed by atoms with Crippen LogP contribution in [0.25, 0.3) is 11.1 Å². The standard InChI is InChI=1S/C30H33ClF2/c1-2-21-3-5-22(6-4-21)7-8-23-9-11-24(12-10-23)13-14-25-15-17-27(29(32)19-25)26-16-18-28(31)30(33)20-26/h3-6,15-20,23-24H,2,7-14H2,1H3. The first-order valence-electron chi connectivity index (χ1n) is 12.3. The second-order valence-electron chi connectivity index (χ2n) is 9.58. The molecule has 3 aromatic rings. The number of benzene rings is 3. The quantitative estimate of drug-likeness (QED) is 0.310. The van der Waals surface area contributed by atoms with E-state index in [0.29, 0.717) is 11.1 Å².